The molecule has 0 saturated carbocycles. The lowest BCUT2D eigenvalue weighted by molar-refractivity contribution is -0.00818. The zero-order chi connectivity index (χ0) is 12.9. The Morgan fingerprint density at radius 3 is 2.88 bits per heavy atom. The van der Waals surface area contributed by atoms with Gasteiger partial charge >= 0.3 is 0 Å². The van der Waals surface area contributed by atoms with Gasteiger partial charge in [0, 0.05) is 19.3 Å². The number of hydrogen-bond acceptors (Lipinski definition) is 3. The normalized spacial score (nSPS) is 11.3. The molecule has 1 rings (SSSR count). The van der Waals surface area contributed by atoms with E-state index in [9.17, 15) is 9.18 Å². The molecule has 0 aliphatic rings. The molecular weight excluding hydrogens is 223 g/mol. The minimum Gasteiger partial charge on any atom is -0.374 e. The lowest BCUT2D eigenvalue weighted by Gasteiger charge is -2.24. The van der Waals surface area contributed by atoms with Crippen molar-refractivity contribution in [1.82, 2.24) is 10.3 Å². The molecule has 0 atom stereocenters. The van der Waals surface area contributed by atoms with Crippen molar-refractivity contribution in [2.24, 2.45) is 0 Å². The van der Waals surface area contributed by atoms with Crippen molar-refractivity contribution in [1.29, 1.82) is 0 Å². The second-order valence-corrected chi connectivity index (χ2v) is 4.22. The molecule has 0 spiro atoms. The van der Waals surface area contributed by atoms with Crippen LogP contribution in [0.25, 0.3) is 0 Å². The molecule has 0 bridgehead atoms. The van der Waals surface area contributed by atoms with E-state index in [1.165, 1.54) is 18.3 Å². The monoisotopic (exact) mass is 240 g/mol. The summed E-state index contributed by atoms with van der Waals surface area (Å²) in [5.74, 6) is -1.25. The van der Waals surface area contributed by atoms with Crippen LogP contribution in [-0.4, -0.2) is 29.6 Å². The molecule has 0 radical (unpaired) electrons. The van der Waals surface area contributed by atoms with Gasteiger partial charge in [-0.15, -0.1) is 0 Å². The topological polar surface area (TPSA) is 51.2 Å². The predicted molar refractivity (Wildman–Crippen MR) is 62.2 cm³/mol. The highest BCUT2D eigenvalue weighted by Gasteiger charge is 2.20. The third-order valence-corrected chi connectivity index (χ3v) is 2.21. The Bertz CT molecular complexity index is 394. The molecule has 5 heteroatoms. The largest absolute Gasteiger partial charge is 0.374 e. The molecule has 1 aromatic rings. The first-order valence-electron chi connectivity index (χ1n) is 5.49. The predicted octanol–water partition coefficient (Wildman–Crippen LogP) is 1.77. The third kappa shape index (κ3) is 4.11. The molecule has 1 aromatic heterocycles. The number of nitrogens with zero attached hydrogens (tertiary/aromatic N) is 1. The maximum atomic E-state index is 13.2. The number of rotatable bonds is 5. The van der Waals surface area contributed by atoms with Crippen LogP contribution < -0.4 is 5.32 Å². The maximum absolute atomic E-state index is 13.2. The molecule has 0 saturated heterocycles. The molecule has 1 amide bonds. The number of amides is 1. The van der Waals surface area contributed by atoms with Crippen LogP contribution in [0.3, 0.4) is 0 Å². The first kappa shape index (κ1) is 13.6. The van der Waals surface area contributed by atoms with Crippen LogP contribution in [-0.2, 0) is 4.74 Å². The summed E-state index contributed by atoms with van der Waals surface area (Å²) in [6.07, 6.45) is 1.30. The average molecular weight is 240 g/mol. The Morgan fingerprint density at radius 1 is 1.59 bits per heavy atom. The fourth-order valence-electron chi connectivity index (χ4n) is 1.39. The lowest BCUT2D eigenvalue weighted by Crippen LogP contribution is -2.40. The molecular formula is C12H17FN2O2. The van der Waals surface area contributed by atoms with Gasteiger partial charge in [-0.2, -0.15) is 4.39 Å². The standard InChI is InChI=1S/C12H17FN2O2/c1-4-17-12(2,3)8-15-11(16)9-6-5-7-14-10(9)13/h5-7H,4,8H2,1-3H3,(H,15,16). The second-order valence-electron chi connectivity index (χ2n) is 4.22. The Balaban J connectivity index is 2.59. The number of ether oxygens (including phenoxy) is 1. The fourth-order valence-corrected chi connectivity index (χ4v) is 1.39. The molecule has 0 aromatic carbocycles. The molecule has 94 valence electrons. The first-order chi connectivity index (χ1) is 7.96. The number of pyridine rings is 1. The van der Waals surface area contributed by atoms with Gasteiger partial charge in [-0.05, 0) is 32.9 Å². The Kier molecular flexibility index (Phi) is 4.57. The van der Waals surface area contributed by atoms with E-state index in [-0.39, 0.29) is 5.56 Å². The summed E-state index contributed by atoms with van der Waals surface area (Å²) in [4.78, 5) is 15.1. The fraction of sp³-hybridized carbons (Fsp3) is 0.500. The van der Waals surface area contributed by atoms with Crippen molar-refractivity contribution in [2.75, 3.05) is 13.2 Å². The number of halogens is 1. The van der Waals surface area contributed by atoms with Crippen LogP contribution in [0.1, 0.15) is 31.1 Å². The number of nitrogens with one attached hydrogen (secondary N) is 1. The molecule has 17 heavy (non-hydrogen) atoms. The van der Waals surface area contributed by atoms with Gasteiger partial charge in [0.1, 0.15) is 0 Å². The van der Waals surface area contributed by atoms with E-state index in [4.69, 9.17) is 4.74 Å². The number of hydrogen-bond donors (Lipinski definition) is 1. The first-order valence-corrected chi connectivity index (χ1v) is 5.49. The van der Waals surface area contributed by atoms with Gasteiger partial charge in [-0.25, -0.2) is 4.98 Å². The van der Waals surface area contributed by atoms with Crippen LogP contribution in [0.5, 0.6) is 0 Å². The Morgan fingerprint density at radius 2 is 2.29 bits per heavy atom. The van der Waals surface area contributed by atoms with Gasteiger partial charge in [0.05, 0.1) is 11.2 Å². The van der Waals surface area contributed by atoms with Crippen LogP contribution in [0.15, 0.2) is 18.3 Å². The lowest BCUT2D eigenvalue weighted by atomic mass is 10.1. The summed E-state index contributed by atoms with van der Waals surface area (Å²) in [5.41, 5.74) is -0.525. The Hall–Kier alpha value is -1.49. The van der Waals surface area contributed by atoms with E-state index in [1.807, 2.05) is 20.8 Å². The quantitative estimate of drug-likeness (QED) is 0.798. The third-order valence-electron chi connectivity index (χ3n) is 2.21. The highest BCUT2D eigenvalue weighted by Crippen LogP contribution is 2.08. The van der Waals surface area contributed by atoms with Gasteiger partial charge in [-0.1, -0.05) is 0 Å². The highest BCUT2D eigenvalue weighted by molar-refractivity contribution is 5.94. The number of carbonyl (C=O) groups is 1. The molecule has 0 unspecified atom stereocenters. The van der Waals surface area contributed by atoms with Crippen LogP contribution in [0.2, 0.25) is 0 Å². The van der Waals surface area contributed by atoms with E-state index in [0.717, 1.165) is 0 Å². The van der Waals surface area contributed by atoms with Gasteiger partial charge in [0.25, 0.3) is 5.91 Å². The number of carbonyl (C=O) groups excluding carboxylic acids is 1. The van der Waals surface area contributed by atoms with Crippen molar-refractivity contribution in [2.45, 2.75) is 26.4 Å². The van der Waals surface area contributed by atoms with Crippen molar-refractivity contribution in [3.8, 4) is 0 Å². The van der Waals surface area contributed by atoms with E-state index < -0.39 is 17.5 Å². The molecule has 1 N–H and O–H groups in total. The van der Waals surface area contributed by atoms with Crippen molar-refractivity contribution in [3.63, 3.8) is 0 Å². The van der Waals surface area contributed by atoms with E-state index >= 15 is 0 Å². The van der Waals surface area contributed by atoms with E-state index in [1.54, 1.807) is 0 Å². The average Bonchev–Trinajstić information content (AvgIpc) is 2.27. The zero-order valence-electron chi connectivity index (χ0n) is 10.3. The van der Waals surface area contributed by atoms with Crippen LogP contribution in [0, 0.1) is 5.95 Å². The molecule has 0 aliphatic heterocycles. The van der Waals surface area contributed by atoms with E-state index in [2.05, 4.69) is 10.3 Å². The summed E-state index contributed by atoms with van der Waals surface area (Å²) in [7, 11) is 0. The maximum Gasteiger partial charge on any atom is 0.256 e. The van der Waals surface area contributed by atoms with Gasteiger partial charge in [0.15, 0.2) is 0 Å². The van der Waals surface area contributed by atoms with Gasteiger partial charge < -0.3 is 10.1 Å². The summed E-state index contributed by atoms with van der Waals surface area (Å²) in [5, 5.41) is 2.62. The highest BCUT2D eigenvalue weighted by atomic mass is 19.1. The summed E-state index contributed by atoms with van der Waals surface area (Å²) in [6.45, 7) is 6.47. The minimum absolute atomic E-state index is 0.0557. The van der Waals surface area contributed by atoms with Crippen molar-refractivity contribution >= 4 is 5.91 Å². The summed E-state index contributed by atoms with van der Waals surface area (Å²) < 4.78 is 18.6. The molecule has 4 nitrogen and oxygen atoms in total. The summed E-state index contributed by atoms with van der Waals surface area (Å²) >= 11 is 0. The smallest absolute Gasteiger partial charge is 0.256 e. The van der Waals surface area contributed by atoms with Crippen LogP contribution >= 0.6 is 0 Å². The molecule has 1 heterocycles. The van der Waals surface area contributed by atoms with Crippen LogP contribution in [0.4, 0.5) is 4.39 Å². The van der Waals surface area contributed by atoms with Crippen molar-refractivity contribution in [3.05, 3.63) is 29.8 Å². The Labute approximate surface area is 100 Å². The molecule has 0 fully saturated rings. The minimum atomic E-state index is -0.765. The second kappa shape index (κ2) is 5.72. The van der Waals surface area contributed by atoms with Gasteiger partial charge in [0.2, 0.25) is 5.95 Å². The molecule has 0 aliphatic carbocycles. The van der Waals surface area contributed by atoms with Gasteiger partial charge in [-0.3, -0.25) is 4.79 Å². The summed E-state index contributed by atoms with van der Waals surface area (Å²) in [6, 6.07) is 2.91. The number of aromatic nitrogens is 1. The van der Waals surface area contributed by atoms with E-state index in [0.29, 0.717) is 13.2 Å². The van der Waals surface area contributed by atoms with Crippen molar-refractivity contribution < 1.29 is 13.9 Å². The SMILES string of the molecule is CCOC(C)(C)CNC(=O)c1cccnc1F. The zero-order valence-corrected chi connectivity index (χ0v) is 10.3.